The van der Waals surface area contributed by atoms with Gasteiger partial charge in [0.15, 0.2) is 0 Å². The number of aliphatic hydroxyl groups is 1. The summed E-state index contributed by atoms with van der Waals surface area (Å²) >= 11 is 0. The minimum atomic E-state index is -0.0802. The van der Waals surface area contributed by atoms with Crippen molar-refractivity contribution in [1.82, 2.24) is 15.0 Å². The number of benzene rings is 1. The van der Waals surface area contributed by atoms with Gasteiger partial charge < -0.3 is 15.4 Å². The van der Waals surface area contributed by atoms with Crippen LogP contribution in [0.5, 0.6) is 0 Å². The van der Waals surface area contributed by atoms with Gasteiger partial charge >= 0.3 is 0 Å². The monoisotopic (exact) mass is 321 g/mol. The molecule has 3 aromatic rings. The molecule has 0 fully saturated rings. The highest BCUT2D eigenvalue weighted by Gasteiger charge is 2.16. The number of hydrogen-bond donors (Lipinski definition) is 3. The Morgan fingerprint density at radius 2 is 2.12 bits per heavy atom. The second-order valence-corrected chi connectivity index (χ2v) is 6.04. The molecule has 0 bridgehead atoms. The Labute approximate surface area is 140 Å². The van der Waals surface area contributed by atoms with Gasteiger partial charge in [0.25, 0.3) is 0 Å². The lowest BCUT2D eigenvalue weighted by Crippen LogP contribution is -2.29. The first-order valence-corrected chi connectivity index (χ1v) is 7.84. The topological polar surface area (TPSA) is 97.6 Å². The summed E-state index contributed by atoms with van der Waals surface area (Å²) in [5.74, 6) is 0.956. The van der Waals surface area contributed by atoms with Gasteiger partial charge in [-0.05, 0) is 29.7 Å². The number of anilines is 1. The summed E-state index contributed by atoms with van der Waals surface area (Å²) in [4.78, 5) is 11.8. The molecule has 0 radical (unpaired) electrons. The van der Waals surface area contributed by atoms with Crippen LogP contribution in [0.3, 0.4) is 0 Å². The number of nitriles is 1. The minimum absolute atomic E-state index is 0.0324. The van der Waals surface area contributed by atoms with Crippen molar-refractivity contribution in [2.75, 3.05) is 11.9 Å². The smallest absolute Gasteiger partial charge is 0.143 e. The Bertz CT molecular complexity index is 894. The van der Waals surface area contributed by atoms with Crippen LogP contribution in [0.4, 0.5) is 5.82 Å². The zero-order valence-corrected chi connectivity index (χ0v) is 13.6. The van der Waals surface area contributed by atoms with Gasteiger partial charge in [0, 0.05) is 5.69 Å². The van der Waals surface area contributed by atoms with E-state index >= 15 is 0 Å². The molecule has 0 saturated heterocycles. The van der Waals surface area contributed by atoms with Gasteiger partial charge in [-0.1, -0.05) is 26.0 Å². The van der Waals surface area contributed by atoms with E-state index in [1.807, 2.05) is 38.1 Å². The normalized spacial score (nSPS) is 12.3. The molecule has 3 N–H and O–H groups in total. The fourth-order valence-electron chi connectivity index (χ4n) is 2.57. The van der Waals surface area contributed by atoms with Gasteiger partial charge in [-0.2, -0.15) is 5.26 Å². The number of rotatable bonds is 5. The third-order valence-corrected chi connectivity index (χ3v) is 4.05. The van der Waals surface area contributed by atoms with Crippen LogP contribution in [0.25, 0.3) is 22.3 Å². The summed E-state index contributed by atoms with van der Waals surface area (Å²) in [6, 6.07) is 11.4. The number of aliphatic hydroxyl groups excluding tert-OH is 1. The molecule has 0 spiro atoms. The van der Waals surface area contributed by atoms with Gasteiger partial charge in [0.1, 0.15) is 17.8 Å². The molecule has 6 nitrogen and oxygen atoms in total. The molecule has 0 aliphatic rings. The number of H-pyrrole nitrogens is 1. The second kappa shape index (κ2) is 6.69. The Balaban J connectivity index is 2.02. The van der Waals surface area contributed by atoms with Gasteiger partial charge in [-0.25, -0.2) is 9.97 Å². The lowest BCUT2D eigenvalue weighted by Gasteiger charge is -2.20. The van der Waals surface area contributed by atoms with Crippen molar-refractivity contribution in [3.8, 4) is 17.3 Å². The molecule has 0 aliphatic carbocycles. The number of hydrogen-bond acceptors (Lipinski definition) is 5. The van der Waals surface area contributed by atoms with E-state index in [2.05, 4.69) is 26.3 Å². The van der Waals surface area contributed by atoms with Crippen molar-refractivity contribution in [3.63, 3.8) is 0 Å². The van der Waals surface area contributed by atoms with Crippen molar-refractivity contribution >= 4 is 16.9 Å². The number of nitrogens with zero attached hydrogens (tertiary/aromatic N) is 3. The van der Waals surface area contributed by atoms with Gasteiger partial charge in [0.05, 0.1) is 29.7 Å². The van der Waals surface area contributed by atoms with Crippen molar-refractivity contribution in [2.24, 2.45) is 5.92 Å². The van der Waals surface area contributed by atoms with Crippen LogP contribution in [0.2, 0.25) is 0 Å². The molecule has 24 heavy (non-hydrogen) atoms. The van der Waals surface area contributed by atoms with Crippen molar-refractivity contribution in [2.45, 2.75) is 19.9 Å². The van der Waals surface area contributed by atoms with Gasteiger partial charge in [-0.3, -0.25) is 0 Å². The lowest BCUT2D eigenvalue weighted by atomic mass is 10.1. The van der Waals surface area contributed by atoms with E-state index in [0.29, 0.717) is 17.0 Å². The SMILES string of the molecule is CC(C)[C@H](CO)Nc1ncnc2[nH]c(-c3cccc(C#N)c3)cc12. The first-order chi connectivity index (χ1) is 11.6. The Kier molecular flexibility index (Phi) is 4.45. The molecule has 1 atom stereocenters. The third-order valence-electron chi connectivity index (χ3n) is 4.05. The van der Waals surface area contributed by atoms with E-state index in [4.69, 9.17) is 5.26 Å². The van der Waals surface area contributed by atoms with E-state index in [1.54, 1.807) is 6.07 Å². The van der Waals surface area contributed by atoms with Crippen LogP contribution in [-0.4, -0.2) is 32.7 Å². The van der Waals surface area contributed by atoms with E-state index in [1.165, 1.54) is 6.33 Å². The van der Waals surface area contributed by atoms with Crippen molar-refractivity contribution in [3.05, 3.63) is 42.2 Å². The predicted octanol–water partition coefficient (Wildman–Crippen LogP) is 2.93. The zero-order valence-electron chi connectivity index (χ0n) is 13.6. The number of aromatic nitrogens is 3. The fraction of sp³-hybridized carbons (Fsp3) is 0.278. The molecule has 3 rings (SSSR count). The quantitative estimate of drug-likeness (QED) is 0.671. The van der Waals surface area contributed by atoms with E-state index in [9.17, 15) is 5.11 Å². The lowest BCUT2D eigenvalue weighted by molar-refractivity contribution is 0.249. The predicted molar refractivity (Wildman–Crippen MR) is 93.4 cm³/mol. The second-order valence-electron chi connectivity index (χ2n) is 6.04. The van der Waals surface area contributed by atoms with E-state index < -0.39 is 0 Å². The van der Waals surface area contributed by atoms with Crippen LogP contribution in [0.15, 0.2) is 36.7 Å². The Morgan fingerprint density at radius 3 is 2.83 bits per heavy atom. The average molecular weight is 321 g/mol. The summed E-state index contributed by atoms with van der Waals surface area (Å²) in [6.45, 7) is 4.12. The van der Waals surface area contributed by atoms with Crippen LogP contribution >= 0.6 is 0 Å². The van der Waals surface area contributed by atoms with Crippen LogP contribution in [-0.2, 0) is 0 Å². The molecule has 0 saturated carbocycles. The van der Waals surface area contributed by atoms with Crippen LogP contribution in [0.1, 0.15) is 19.4 Å². The largest absolute Gasteiger partial charge is 0.394 e. The van der Waals surface area contributed by atoms with Crippen LogP contribution in [0, 0.1) is 17.2 Å². The van der Waals surface area contributed by atoms with Crippen molar-refractivity contribution in [1.29, 1.82) is 5.26 Å². The third kappa shape index (κ3) is 3.07. The first kappa shape index (κ1) is 16.0. The summed E-state index contributed by atoms with van der Waals surface area (Å²) in [6.07, 6.45) is 1.49. The molecular weight excluding hydrogens is 302 g/mol. The van der Waals surface area contributed by atoms with E-state index in [-0.39, 0.29) is 18.6 Å². The summed E-state index contributed by atoms with van der Waals surface area (Å²) < 4.78 is 0. The molecule has 2 aromatic heterocycles. The van der Waals surface area contributed by atoms with Crippen LogP contribution < -0.4 is 5.32 Å². The minimum Gasteiger partial charge on any atom is -0.394 e. The highest BCUT2D eigenvalue weighted by atomic mass is 16.3. The number of nitrogens with one attached hydrogen (secondary N) is 2. The zero-order chi connectivity index (χ0) is 17.1. The molecule has 0 aliphatic heterocycles. The molecule has 0 amide bonds. The maximum Gasteiger partial charge on any atom is 0.143 e. The van der Waals surface area contributed by atoms with E-state index in [0.717, 1.165) is 16.6 Å². The summed E-state index contributed by atoms with van der Waals surface area (Å²) in [7, 11) is 0. The number of aromatic amines is 1. The molecule has 1 aromatic carbocycles. The fourth-order valence-corrected chi connectivity index (χ4v) is 2.57. The summed E-state index contributed by atoms with van der Waals surface area (Å²) in [5, 5.41) is 22.7. The standard InChI is InChI=1S/C18H19N5O/c1-11(2)16(9-24)23-18-14-7-15(22-17(14)20-10-21-18)13-5-3-4-12(6-13)8-19/h3-7,10-11,16,24H,9H2,1-2H3,(H2,20,21,22,23)/t16-/m0/s1. The van der Waals surface area contributed by atoms with Gasteiger partial charge in [0.2, 0.25) is 0 Å². The first-order valence-electron chi connectivity index (χ1n) is 7.84. The average Bonchev–Trinajstić information content (AvgIpc) is 3.04. The molecule has 6 heteroatoms. The Morgan fingerprint density at radius 1 is 1.29 bits per heavy atom. The van der Waals surface area contributed by atoms with Gasteiger partial charge in [-0.15, -0.1) is 0 Å². The highest BCUT2D eigenvalue weighted by molar-refractivity contribution is 5.91. The number of fused-ring (bicyclic) bond motifs is 1. The molecule has 0 unspecified atom stereocenters. The molecular formula is C18H19N5O. The molecule has 2 heterocycles. The maximum atomic E-state index is 9.53. The Hall–Kier alpha value is -2.91. The summed E-state index contributed by atoms with van der Waals surface area (Å²) in [5.41, 5.74) is 3.11. The highest BCUT2D eigenvalue weighted by Crippen LogP contribution is 2.27. The molecule has 122 valence electrons. The van der Waals surface area contributed by atoms with Crippen molar-refractivity contribution < 1.29 is 5.11 Å². The maximum absolute atomic E-state index is 9.53.